The molecule has 18 heavy (non-hydrogen) atoms. The molecule has 1 unspecified atom stereocenters. The Balaban J connectivity index is 1.91. The first kappa shape index (κ1) is 16.3. The zero-order valence-electron chi connectivity index (χ0n) is 12.4. The number of rotatable bonds is 9. The SMILES string of the molecule is CC1CN(C)CCN1CCCCCCCCCS. The van der Waals surface area contributed by atoms with E-state index < -0.39 is 0 Å². The van der Waals surface area contributed by atoms with Gasteiger partial charge in [0.05, 0.1) is 0 Å². The summed E-state index contributed by atoms with van der Waals surface area (Å²) in [4.78, 5) is 5.11. The van der Waals surface area contributed by atoms with Crippen molar-refractivity contribution in [3.8, 4) is 0 Å². The second-order valence-corrected chi connectivity index (χ2v) is 6.29. The van der Waals surface area contributed by atoms with Gasteiger partial charge in [0.1, 0.15) is 0 Å². The molecule has 108 valence electrons. The maximum absolute atomic E-state index is 4.24. The fraction of sp³-hybridized carbons (Fsp3) is 1.00. The number of hydrogen-bond donors (Lipinski definition) is 1. The van der Waals surface area contributed by atoms with Crippen LogP contribution in [0.15, 0.2) is 0 Å². The summed E-state index contributed by atoms with van der Waals surface area (Å²) in [5.74, 6) is 1.06. The van der Waals surface area contributed by atoms with E-state index in [1.54, 1.807) is 0 Å². The van der Waals surface area contributed by atoms with Crippen molar-refractivity contribution < 1.29 is 0 Å². The van der Waals surface area contributed by atoms with Gasteiger partial charge in [0.2, 0.25) is 0 Å². The number of nitrogens with zero attached hydrogens (tertiary/aromatic N) is 2. The van der Waals surface area contributed by atoms with E-state index >= 15 is 0 Å². The fourth-order valence-corrected chi connectivity index (χ4v) is 3.04. The standard InChI is InChI=1S/C15H32N2S/c1-15-14-16(2)11-12-17(15)10-8-6-4-3-5-7-9-13-18/h15,18H,3-14H2,1-2H3. The average molecular weight is 273 g/mol. The Hall–Kier alpha value is 0.270. The molecule has 0 bridgehead atoms. The van der Waals surface area contributed by atoms with Gasteiger partial charge in [0.25, 0.3) is 0 Å². The molecule has 0 N–H and O–H groups in total. The summed E-state index contributed by atoms with van der Waals surface area (Å²) >= 11 is 4.24. The second kappa shape index (κ2) is 10.1. The molecule has 1 aliphatic heterocycles. The van der Waals surface area contributed by atoms with Crippen LogP contribution < -0.4 is 0 Å². The summed E-state index contributed by atoms with van der Waals surface area (Å²) in [5, 5.41) is 0. The smallest absolute Gasteiger partial charge is 0.0195 e. The van der Waals surface area contributed by atoms with Gasteiger partial charge in [-0.05, 0) is 39.1 Å². The van der Waals surface area contributed by atoms with E-state index in [-0.39, 0.29) is 0 Å². The molecule has 1 fully saturated rings. The van der Waals surface area contributed by atoms with Crippen LogP contribution in [-0.2, 0) is 0 Å². The van der Waals surface area contributed by atoms with Gasteiger partial charge in [0, 0.05) is 25.7 Å². The molecule has 0 aromatic rings. The van der Waals surface area contributed by atoms with E-state index in [0.29, 0.717) is 0 Å². The van der Waals surface area contributed by atoms with Crippen LogP contribution in [0.5, 0.6) is 0 Å². The molecule has 0 aliphatic carbocycles. The van der Waals surface area contributed by atoms with Gasteiger partial charge < -0.3 is 4.90 Å². The van der Waals surface area contributed by atoms with Crippen molar-refractivity contribution in [1.29, 1.82) is 0 Å². The van der Waals surface area contributed by atoms with E-state index in [2.05, 4.69) is 36.4 Å². The number of unbranched alkanes of at least 4 members (excludes halogenated alkanes) is 6. The Morgan fingerprint density at radius 3 is 2.17 bits per heavy atom. The minimum Gasteiger partial charge on any atom is -0.304 e. The molecular weight excluding hydrogens is 240 g/mol. The first-order chi connectivity index (χ1) is 8.74. The highest BCUT2D eigenvalue weighted by atomic mass is 32.1. The lowest BCUT2D eigenvalue weighted by Crippen LogP contribution is -2.50. The monoisotopic (exact) mass is 272 g/mol. The number of thiol groups is 1. The molecule has 1 aliphatic rings. The third-order valence-electron chi connectivity index (χ3n) is 4.07. The van der Waals surface area contributed by atoms with Crippen LogP contribution in [0.4, 0.5) is 0 Å². The lowest BCUT2D eigenvalue weighted by atomic mass is 10.1. The Labute approximate surface area is 120 Å². The summed E-state index contributed by atoms with van der Waals surface area (Å²) in [7, 11) is 2.23. The summed E-state index contributed by atoms with van der Waals surface area (Å²) < 4.78 is 0. The highest BCUT2D eigenvalue weighted by Gasteiger charge is 2.20. The molecule has 0 spiro atoms. The van der Waals surface area contributed by atoms with Crippen LogP contribution in [0.3, 0.4) is 0 Å². The van der Waals surface area contributed by atoms with Crippen molar-refractivity contribution in [3.63, 3.8) is 0 Å². The minimum atomic E-state index is 0.749. The second-order valence-electron chi connectivity index (χ2n) is 5.85. The lowest BCUT2D eigenvalue weighted by molar-refractivity contribution is 0.0984. The maximum atomic E-state index is 4.24. The Kier molecular flexibility index (Phi) is 9.16. The first-order valence-electron chi connectivity index (χ1n) is 7.77. The first-order valence-corrected chi connectivity index (χ1v) is 8.40. The molecule has 0 aromatic heterocycles. The quantitative estimate of drug-likeness (QED) is 0.508. The van der Waals surface area contributed by atoms with Gasteiger partial charge in [0.15, 0.2) is 0 Å². The highest BCUT2D eigenvalue weighted by molar-refractivity contribution is 7.80. The molecule has 0 aromatic carbocycles. The van der Waals surface area contributed by atoms with Gasteiger partial charge in [-0.1, -0.05) is 32.1 Å². The van der Waals surface area contributed by atoms with Crippen molar-refractivity contribution in [2.24, 2.45) is 0 Å². The van der Waals surface area contributed by atoms with Crippen molar-refractivity contribution >= 4 is 12.6 Å². The Bertz CT molecular complexity index is 199. The van der Waals surface area contributed by atoms with Gasteiger partial charge in [-0.25, -0.2) is 0 Å². The van der Waals surface area contributed by atoms with Crippen LogP contribution in [0.1, 0.15) is 51.9 Å². The average Bonchev–Trinajstić information content (AvgIpc) is 2.35. The Morgan fingerprint density at radius 2 is 1.56 bits per heavy atom. The molecule has 3 heteroatoms. The zero-order chi connectivity index (χ0) is 13.2. The van der Waals surface area contributed by atoms with Gasteiger partial charge in [-0.2, -0.15) is 12.6 Å². The third-order valence-corrected chi connectivity index (χ3v) is 4.39. The third kappa shape index (κ3) is 7.01. The van der Waals surface area contributed by atoms with Crippen molar-refractivity contribution in [2.45, 2.75) is 57.9 Å². The van der Waals surface area contributed by atoms with Crippen LogP contribution in [0.2, 0.25) is 0 Å². The van der Waals surface area contributed by atoms with E-state index in [1.807, 2.05) is 0 Å². The molecule has 0 amide bonds. The molecule has 1 heterocycles. The van der Waals surface area contributed by atoms with E-state index in [1.165, 1.54) is 71.1 Å². The fourth-order valence-electron chi connectivity index (χ4n) is 2.82. The lowest BCUT2D eigenvalue weighted by Gasteiger charge is -2.38. The highest BCUT2D eigenvalue weighted by Crippen LogP contribution is 2.11. The van der Waals surface area contributed by atoms with Crippen molar-refractivity contribution in [2.75, 3.05) is 39.0 Å². The van der Waals surface area contributed by atoms with Crippen LogP contribution in [0, 0.1) is 0 Å². The topological polar surface area (TPSA) is 6.48 Å². The van der Waals surface area contributed by atoms with E-state index in [0.717, 1.165) is 11.8 Å². The molecule has 0 radical (unpaired) electrons. The predicted molar refractivity (Wildman–Crippen MR) is 84.7 cm³/mol. The van der Waals surface area contributed by atoms with Crippen molar-refractivity contribution in [1.82, 2.24) is 9.80 Å². The maximum Gasteiger partial charge on any atom is 0.0195 e. The van der Waals surface area contributed by atoms with Crippen LogP contribution in [0.25, 0.3) is 0 Å². The molecular formula is C15H32N2S. The molecule has 1 rings (SSSR count). The normalized spacial score (nSPS) is 22.5. The molecule has 2 nitrogen and oxygen atoms in total. The molecule has 1 atom stereocenters. The predicted octanol–water partition coefficient (Wildman–Crippen LogP) is 3.28. The van der Waals surface area contributed by atoms with Crippen LogP contribution >= 0.6 is 12.6 Å². The largest absolute Gasteiger partial charge is 0.304 e. The van der Waals surface area contributed by atoms with Crippen LogP contribution in [-0.4, -0.2) is 54.8 Å². The zero-order valence-corrected chi connectivity index (χ0v) is 13.3. The number of likely N-dealkylation sites (N-methyl/N-ethyl adjacent to an activating group) is 1. The Morgan fingerprint density at radius 1 is 0.944 bits per heavy atom. The van der Waals surface area contributed by atoms with Gasteiger partial charge >= 0.3 is 0 Å². The minimum absolute atomic E-state index is 0.749. The summed E-state index contributed by atoms with van der Waals surface area (Å²) in [6.45, 7) is 7.43. The summed E-state index contributed by atoms with van der Waals surface area (Å²) in [6, 6.07) is 0.749. The molecule has 0 saturated carbocycles. The molecule has 1 saturated heterocycles. The van der Waals surface area contributed by atoms with Crippen molar-refractivity contribution in [3.05, 3.63) is 0 Å². The summed E-state index contributed by atoms with van der Waals surface area (Å²) in [6.07, 6.45) is 9.73. The number of hydrogen-bond acceptors (Lipinski definition) is 3. The number of piperazine rings is 1. The van der Waals surface area contributed by atoms with E-state index in [9.17, 15) is 0 Å². The van der Waals surface area contributed by atoms with E-state index in [4.69, 9.17) is 0 Å². The van der Waals surface area contributed by atoms with Gasteiger partial charge in [-0.3, -0.25) is 4.90 Å². The summed E-state index contributed by atoms with van der Waals surface area (Å²) in [5.41, 5.74) is 0. The van der Waals surface area contributed by atoms with Gasteiger partial charge in [-0.15, -0.1) is 0 Å².